The summed E-state index contributed by atoms with van der Waals surface area (Å²) in [5.41, 5.74) is 1.00. The summed E-state index contributed by atoms with van der Waals surface area (Å²) in [6.07, 6.45) is 3.85. The number of aromatic nitrogens is 4. The molecule has 2 heterocycles. The molecule has 0 saturated heterocycles. The van der Waals surface area contributed by atoms with Gasteiger partial charge in [-0.3, -0.25) is 4.68 Å². The number of rotatable bonds is 4. The first-order valence-corrected chi connectivity index (χ1v) is 7.92. The molecule has 0 radical (unpaired) electrons. The van der Waals surface area contributed by atoms with Crippen LogP contribution in [0, 0.1) is 6.92 Å². The molecule has 0 aromatic carbocycles. The van der Waals surface area contributed by atoms with E-state index in [0.29, 0.717) is 0 Å². The summed E-state index contributed by atoms with van der Waals surface area (Å²) in [6, 6.07) is 0. The molecule has 2 aromatic rings. The van der Waals surface area contributed by atoms with Crippen LogP contribution >= 0.6 is 11.8 Å². The molecule has 2 aromatic heterocycles. The van der Waals surface area contributed by atoms with Gasteiger partial charge >= 0.3 is 0 Å². The first-order valence-electron chi connectivity index (χ1n) is 7.10. The monoisotopic (exact) mass is 305 g/mol. The van der Waals surface area contributed by atoms with Gasteiger partial charge in [0.15, 0.2) is 0 Å². The first kappa shape index (κ1) is 15.8. The van der Waals surface area contributed by atoms with Crippen molar-refractivity contribution < 1.29 is 0 Å². The van der Waals surface area contributed by atoms with Crippen LogP contribution in [0.25, 0.3) is 0 Å². The minimum atomic E-state index is -0.0812. The van der Waals surface area contributed by atoms with Crippen molar-refractivity contribution in [3.8, 4) is 0 Å². The molecule has 0 fully saturated rings. The second kappa shape index (κ2) is 6.05. The molecule has 0 amide bonds. The molecule has 0 spiro atoms. The summed E-state index contributed by atoms with van der Waals surface area (Å²) in [7, 11) is 1.92. The number of anilines is 1. The lowest BCUT2D eigenvalue weighted by Crippen LogP contribution is -2.18. The zero-order chi connectivity index (χ0) is 15.6. The van der Waals surface area contributed by atoms with Crippen LogP contribution in [-0.2, 0) is 12.5 Å². The van der Waals surface area contributed by atoms with E-state index >= 15 is 0 Å². The van der Waals surface area contributed by atoms with E-state index in [1.54, 1.807) is 16.4 Å². The second-order valence-corrected chi connectivity index (χ2v) is 7.12. The van der Waals surface area contributed by atoms with Gasteiger partial charge in [-0.25, -0.2) is 9.97 Å². The number of hydrogen-bond acceptors (Lipinski definition) is 5. The second-order valence-electron chi connectivity index (χ2n) is 6.06. The minimum absolute atomic E-state index is 0.0812. The summed E-state index contributed by atoms with van der Waals surface area (Å²) >= 11 is 1.63. The van der Waals surface area contributed by atoms with E-state index < -0.39 is 0 Å². The number of hydrogen-bond donors (Lipinski definition) is 1. The van der Waals surface area contributed by atoms with Crippen LogP contribution in [0.15, 0.2) is 22.3 Å². The van der Waals surface area contributed by atoms with Crippen molar-refractivity contribution in [2.24, 2.45) is 7.05 Å². The summed E-state index contributed by atoms with van der Waals surface area (Å²) in [4.78, 5) is 10.5. The van der Waals surface area contributed by atoms with Gasteiger partial charge < -0.3 is 5.32 Å². The molecule has 5 nitrogen and oxygen atoms in total. The summed E-state index contributed by atoms with van der Waals surface area (Å²) in [6.45, 7) is 11.4. The summed E-state index contributed by atoms with van der Waals surface area (Å²) in [5.74, 6) is 1.78. The molecule has 2 rings (SSSR count). The first-order chi connectivity index (χ1) is 9.81. The number of nitrogens with zero attached hydrogens (tertiary/aromatic N) is 4. The van der Waals surface area contributed by atoms with Crippen molar-refractivity contribution in [3.05, 3.63) is 23.8 Å². The van der Waals surface area contributed by atoms with Gasteiger partial charge in [0.1, 0.15) is 16.7 Å². The fourth-order valence-electron chi connectivity index (χ4n) is 1.83. The van der Waals surface area contributed by atoms with Crippen LogP contribution in [-0.4, -0.2) is 26.3 Å². The van der Waals surface area contributed by atoms with Gasteiger partial charge in [0, 0.05) is 30.8 Å². The van der Waals surface area contributed by atoms with Crippen molar-refractivity contribution in [1.82, 2.24) is 19.7 Å². The van der Waals surface area contributed by atoms with Crippen molar-refractivity contribution in [1.29, 1.82) is 0 Å². The molecular weight excluding hydrogens is 282 g/mol. The Labute approximate surface area is 130 Å². The maximum absolute atomic E-state index is 4.77. The van der Waals surface area contributed by atoms with Gasteiger partial charge in [-0.15, -0.1) is 0 Å². The van der Waals surface area contributed by atoms with Gasteiger partial charge in [-0.05, 0) is 13.8 Å². The quantitative estimate of drug-likeness (QED) is 0.877. The van der Waals surface area contributed by atoms with E-state index in [-0.39, 0.29) is 5.41 Å². The average Bonchev–Trinajstić information content (AvgIpc) is 2.78. The maximum Gasteiger partial charge on any atom is 0.137 e. The molecule has 0 aliphatic heterocycles. The third kappa shape index (κ3) is 3.75. The fourth-order valence-corrected chi connectivity index (χ4v) is 2.74. The van der Waals surface area contributed by atoms with Crippen LogP contribution in [0.3, 0.4) is 0 Å². The molecule has 0 atom stereocenters. The van der Waals surface area contributed by atoms with Gasteiger partial charge in [0.25, 0.3) is 0 Å². The van der Waals surface area contributed by atoms with Crippen molar-refractivity contribution in [2.75, 3.05) is 11.9 Å². The molecule has 0 unspecified atom stereocenters. The highest BCUT2D eigenvalue weighted by Crippen LogP contribution is 2.33. The largest absolute Gasteiger partial charge is 0.370 e. The topological polar surface area (TPSA) is 55.6 Å². The van der Waals surface area contributed by atoms with Gasteiger partial charge in [0.05, 0.1) is 11.1 Å². The molecule has 6 heteroatoms. The number of aryl methyl sites for hydroxylation is 1. The SMILES string of the molecule is CCNc1nc(C(C)(C)C)nc(Sc2cnn(C)c2)c1C. The zero-order valence-electron chi connectivity index (χ0n) is 13.6. The Bertz CT molecular complexity index is 627. The molecule has 0 bridgehead atoms. The molecule has 114 valence electrons. The predicted molar refractivity (Wildman–Crippen MR) is 87.0 cm³/mol. The summed E-state index contributed by atoms with van der Waals surface area (Å²) in [5, 5.41) is 8.53. The Balaban J connectivity index is 2.45. The third-order valence-corrected chi connectivity index (χ3v) is 4.05. The van der Waals surface area contributed by atoms with Crippen LogP contribution in [0.4, 0.5) is 5.82 Å². The van der Waals surface area contributed by atoms with E-state index in [9.17, 15) is 0 Å². The minimum Gasteiger partial charge on any atom is -0.370 e. The Kier molecular flexibility index (Phi) is 4.56. The lowest BCUT2D eigenvalue weighted by Gasteiger charge is -2.20. The van der Waals surface area contributed by atoms with E-state index in [1.807, 2.05) is 19.4 Å². The molecule has 0 saturated carbocycles. The van der Waals surface area contributed by atoms with E-state index in [4.69, 9.17) is 4.98 Å². The standard InChI is InChI=1S/C15H23N5S/c1-7-16-12-10(2)13(19-14(18-12)15(3,4)5)21-11-8-17-20(6)9-11/h8-9H,7H2,1-6H3,(H,16,18,19). The highest BCUT2D eigenvalue weighted by atomic mass is 32.2. The van der Waals surface area contributed by atoms with E-state index in [0.717, 1.165) is 33.7 Å². The normalized spacial score (nSPS) is 11.7. The van der Waals surface area contributed by atoms with Crippen molar-refractivity contribution in [3.63, 3.8) is 0 Å². The smallest absolute Gasteiger partial charge is 0.137 e. The van der Waals surface area contributed by atoms with Crippen LogP contribution < -0.4 is 5.32 Å². The lowest BCUT2D eigenvalue weighted by atomic mass is 9.95. The van der Waals surface area contributed by atoms with Crippen LogP contribution in [0.1, 0.15) is 39.1 Å². The van der Waals surface area contributed by atoms with E-state index in [1.165, 1.54) is 0 Å². The average molecular weight is 305 g/mol. The van der Waals surface area contributed by atoms with Crippen molar-refractivity contribution in [2.45, 2.75) is 50.0 Å². The Morgan fingerprint density at radius 2 is 2.00 bits per heavy atom. The highest BCUT2D eigenvalue weighted by Gasteiger charge is 2.21. The maximum atomic E-state index is 4.77. The van der Waals surface area contributed by atoms with Gasteiger partial charge in [-0.1, -0.05) is 32.5 Å². The predicted octanol–water partition coefficient (Wildman–Crippen LogP) is 3.40. The molecule has 0 aliphatic rings. The molecule has 1 N–H and O–H groups in total. The van der Waals surface area contributed by atoms with E-state index in [2.05, 4.69) is 50.0 Å². The molecule has 0 aliphatic carbocycles. The van der Waals surface area contributed by atoms with Crippen molar-refractivity contribution >= 4 is 17.6 Å². The third-order valence-electron chi connectivity index (χ3n) is 3.01. The fraction of sp³-hybridized carbons (Fsp3) is 0.533. The van der Waals surface area contributed by atoms with Crippen LogP contribution in [0.5, 0.6) is 0 Å². The van der Waals surface area contributed by atoms with Crippen LogP contribution in [0.2, 0.25) is 0 Å². The highest BCUT2D eigenvalue weighted by molar-refractivity contribution is 7.99. The number of nitrogens with one attached hydrogen (secondary N) is 1. The molecule has 21 heavy (non-hydrogen) atoms. The summed E-state index contributed by atoms with van der Waals surface area (Å²) < 4.78 is 1.80. The lowest BCUT2D eigenvalue weighted by molar-refractivity contribution is 0.538. The Morgan fingerprint density at radius 3 is 2.52 bits per heavy atom. The van der Waals surface area contributed by atoms with Gasteiger partial charge in [-0.2, -0.15) is 5.10 Å². The van der Waals surface area contributed by atoms with Gasteiger partial charge in [0.2, 0.25) is 0 Å². The molecular formula is C15H23N5S. The Morgan fingerprint density at radius 1 is 1.29 bits per heavy atom. The Hall–Kier alpha value is -1.56. The zero-order valence-corrected chi connectivity index (χ0v) is 14.4.